The number of nitrogens with zero attached hydrogens (tertiary/aromatic N) is 2. The molecular formula is C17H22FN3O2. The van der Waals surface area contributed by atoms with Crippen molar-refractivity contribution < 1.29 is 14.0 Å². The Morgan fingerprint density at radius 1 is 1.22 bits per heavy atom. The van der Waals surface area contributed by atoms with Gasteiger partial charge in [-0.3, -0.25) is 9.59 Å². The van der Waals surface area contributed by atoms with Crippen LogP contribution in [0.25, 0.3) is 0 Å². The van der Waals surface area contributed by atoms with Gasteiger partial charge in [-0.2, -0.15) is 0 Å². The summed E-state index contributed by atoms with van der Waals surface area (Å²) in [6, 6.07) is 6.47. The van der Waals surface area contributed by atoms with E-state index in [0.717, 1.165) is 0 Å². The van der Waals surface area contributed by atoms with Gasteiger partial charge in [0, 0.05) is 31.7 Å². The Morgan fingerprint density at radius 3 is 2.52 bits per heavy atom. The number of nitrogens with two attached hydrogens (primary N) is 1. The fourth-order valence-electron chi connectivity index (χ4n) is 3.41. The highest BCUT2D eigenvalue weighted by molar-refractivity contribution is 5.92. The second-order valence-electron chi connectivity index (χ2n) is 6.67. The molecule has 0 radical (unpaired) electrons. The minimum Gasteiger partial charge on any atom is -0.369 e. The quantitative estimate of drug-likeness (QED) is 0.893. The largest absolute Gasteiger partial charge is 0.369 e. The smallest absolute Gasteiger partial charge is 0.233 e. The van der Waals surface area contributed by atoms with Gasteiger partial charge in [-0.25, -0.2) is 4.39 Å². The van der Waals surface area contributed by atoms with Gasteiger partial charge >= 0.3 is 0 Å². The van der Waals surface area contributed by atoms with E-state index in [0.29, 0.717) is 44.6 Å². The van der Waals surface area contributed by atoms with Gasteiger partial charge in [0.05, 0.1) is 11.3 Å². The lowest BCUT2D eigenvalue weighted by Gasteiger charge is -2.28. The Hall–Kier alpha value is -1.95. The number of carbonyl (C=O) groups excluding carboxylic acids is 2. The second kappa shape index (κ2) is 5.92. The fourth-order valence-corrected chi connectivity index (χ4v) is 3.41. The van der Waals surface area contributed by atoms with Crippen molar-refractivity contribution in [3.05, 3.63) is 35.6 Å². The normalized spacial score (nSPS) is 24.1. The molecule has 124 valence electrons. The molecule has 5 nitrogen and oxygen atoms in total. The number of likely N-dealkylation sites (N-methyl/N-ethyl adjacent to an activating group) is 1. The van der Waals surface area contributed by atoms with Gasteiger partial charge in [-0.15, -0.1) is 0 Å². The molecule has 2 fully saturated rings. The fraction of sp³-hybridized carbons (Fsp3) is 0.529. The Balaban J connectivity index is 1.84. The van der Waals surface area contributed by atoms with Crippen LogP contribution in [0.4, 0.5) is 4.39 Å². The number of halogens is 1. The third-order valence-electron chi connectivity index (χ3n) is 4.96. The second-order valence-corrected chi connectivity index (χ2v) is 6.67. The molecule has 0 bridgehead atoms. The molecule has 3 rings (SSSR count). The van der Waals surface area contributed by atoms with E-state index in [9.17, 15) is 14.0 Å². The first-order valence-corrected chi connectivity index (χ1v) is 7.96. The molecule has 23 heavy (non-hydrogen) atoms. The molecular weight excluding hydrogens is 297 g/mol. The Bertz CT molecular complexity index is 630. The van der Waals surface area contributed by atoms with Crippen LogP contribution in [0, 0.1) is 11.7 Å². The van der Waals surface area contributed by atoms with Crippen LogP contribution in [0.5, 0.6) is 0 Å². The van der Waals surface area contributed by atoms with E-state index in [2.05, 4.69) is 0 Å². The van der Waals surface area contributed by atoms with Crippen LogP contribution in [-0.2, 0) is 15.0 Å². The van der Waals surface area contributed by atoms with Crippen molar-refractivity contribution in [2.24, 2.45) is 11.7 Å². The van der Waals surface area contributed by atoms with Crippen LogP contribution >= 0.6 is 0 Å². The Kier molecular flexibility index (Phi) is 4.10. The summed E-state index contributed by atoms with van der Waals surface area (Å²) in [7, 11) is 1.91. The predicted molar refractivity (Wildman–Crippen MR) is 84.1 cm³/mol. The monoisotopic (exact) mass is 319 g/mol. The zero-order chi connectivity index (χ0) is 16.6. The lowest BCUT2D eigenvalue weighted by molar-refractivity contribution is -0.135. The number of benzene rings is 1. The molecule has 0 spiro atoms. The topological polar surface area (TPSA) is 66.6 Å². The zero-order valence-electron chi connectivity index (χ0n) is 13.3. The van der Waals surface area contributed by atoms with Gasteiger partial charge in [0.1, 0.15) is 5.82 Å². The van der Waals surface area contributed by atoms with Crippen molar-refractivity contribution in [2.75, 3.05) is 33.2 Å². The van der Waals surface area contributed by atoms with E-state index in [1.165, 1.54) is 6.07 Å². The standard InChI is InChI=1S/C17H22FN3O2/c1-20-8-9-21(11-12(10-20)15(19)22)16(23)17(6-7-17)13-4-2-3-5-14(13)18/h2-5,12H,6-11H2,1H3,(H2,19,22)/t12-/m1/s1. The number of amides is 2. The summed E-state index contributed by atoms with van der Waals surface area (Å²) < 4.78 is 14.1. The van der Waals surface area contributed by atoms with Gasteiger partial charge in [-0.05, 0) is 26.0 Å². The Labute approximate surface area is 135 Å². The first-order valence-electron chi connectivity index (χ1n) is 7.96. The van der Waals surface area contributed by atoms with Gasteiger partial charge < -0.3 is 15.5 Å². The maximum Gasteiger partial charge on any atom is 0.233 e. The maximum absolute atomic E-state index is 14.1. The number of primary amides is 1. The summed E-state index contributed by atoms with van der Waals surface area (Å²) in [5.41, 5.74) is 5.17. The number of hydrogen-bond donors (Lipinski definition) is 1. The molecule has 1 aliphatic heterocycles. The summed E-state index contributed by atoms with van der Waals surface area (Å²) in [5.74, 6) is -1.20. The van der Waals surface area contributed by atoms with Gasteiger partial charge in [0.2, 0.25) is 11.8 Å². The molecule has 0 aromatic heterocycles. The highest BCUT2D eigenvalue weighted by Crippen LogP contribution is 2.50. The highest BCUT2D eigenvalue weighted by Gasteiger charge is 2.54. The van der Waals surface area contributed by atoms with Crippen molar-refractivity contribution in [1.29, 1.82) is 0 Å². The van der Waals surface area contributed by atoms with E-state index < -0.39 is 11.3 Å². The van der Waals surface area contributed by atoms with E-state index in [-0.39, 0.29) is 17.6 Å². The molecule has 1 saturated heterocycles. The molecule has 2 aliphatic rings. The molecule has 1 heterocycles. The van der Waals surface area contributed by atoms with Crippen molar-refractivity contribution in [3.8, 4) is 0 Å². The minimum atomic E-state index is -0.754. The maximum atomic E-state index is 14.1. The SMILES string of the molecule is CN1CCN(C(=O)C2(c3ccccc3F)CC2)C[C@H](C(N)=O)C1. The summed E-state index contributed by atoms with van der Waals surface area (Å²) in [4.78, 5) is 28.4. The van der Waals surface area contributed by atoms with E-state index in [1.807, 2.05) is 11.9 Å². The van der Waals surface area contributed by atoms with Crippen LogP contribution < -0.4 is 5.73 Å². The summed E-state index contributed by atoms with van der Waals surface area (Å²) >= 11 is 0. The van der Waals surface area contributed by atoms with Gasteiger partial charge in [-0.1, -0.05) is 18.2 Å². The average molecular weight is 319 g/mol. The lowest BCUT2D eigenvalue weighted by atomic mass is 9.93. The zero-order valence-corrected chi connectivity index (χ0v) is 13.3. The average Bonchev–Trinajstić information content (AvgIpc) is 3.32. The van der Waals surface area contributed by atoms with E-state index >= 15 is 0 Å². The predicted octanol–water partition coefficient (Wildman–Crippen LogP) is 0.733. The van der Waals surface area contributed by atoms with Gasteiger partial charge in [0.25, 0.3) is 0 Å². The number of carbonyl (C=O) groups is 2. The third kappa shape index (κ3) is 2.95. The molecule has 1 saturated carbocycles. The molecule has 1 atom stereocenters. The van der Waals surface area contributed by atoms with Crippen LogP contribution in [-0.4, -0.2) is 54.8 Å². The number of rotatable bonds is 3. The summed E-state index contributed by atoms with van der Waals surface area (Å²) in [6.07, 6.45) is 1.31. The van der Waals surface area contributed by atoms with Crippen molar-refractivity contribution in [3.63, 3.8) is 0 Å². The van der Waals surface area contributed by atoms with Crippen LogP contribution in [0.1, 0.15) is 18.4 Å². The van der Waals surface area contributed by atoms with Crippen molar-refractivity contribution >= 4 is 11.8 Å². The molecule has 2 N–H and O–H groups in total. The lowest BCUT2D eigenvalue weighted by Crippen LogP contribution is -2.44. The van der Waals surface area contributed by atoms with Crippen molar-refractivity contribution in [1.82, 2.24) is 9.80 Å². The van der Waals surface area contributed by atoms with Gasteiger partial charge in [0.15, 0.2) is 0 Å². The third-order valence-corrected chi connectivity index (χ3v) is 4.96. The molecule has 1 aliphatic carbocycles. The van der Waals surface area contributed by atoms with Crippen molar-refractivity contribution in [2.45, 2.75) is 18.3 Å². The van der Waals surface area contributed by atoms with Crippen LogP contribution in [0.3, 0.4) is 0 Å². The molecule has 0 unspecified atom stereocenters. The molecule has 1 aromatic carbocycles. The highest BCUT2D eigenvalue weighted by atomic mass is 19.1. The molecule has 2 amide bonds. The van der Waals surface area contributed by atoms with E-state index in [4.69, 9.17) is 5.73 Å². The van der Waals surface area contributed by atoms with E-state index in [1.54, 1.807) is 23.1 Å². The molecule has 1 aromatic rings. The van der Waals surface area contributed by atoms with Crippen LogP contribution in [0.15, 0.2) is 24.3 Å². The minimum absolute atomic E-state index is 0.0795. The van der Waals surface area contributed by atoms with Crippen LogP contribution in [0.2, 0.25) is 0 Å². The summed E-state index contributed by atoms with van der Waals surface area (Å²) in [5, 5.41) is 0. The first-order chi connectivity index (χ1) is 10.9. The molecule has 6 heteroatoms. The first kappa shape index (κ1) is 15.9. The number of hydrogen-bond acceptors (Lipinski definition) is 3. The summed E-state index contributed by atoms with van der Waals surface area (Å²) in [6.45, 7) is 2.08. The Morgan fingerprint density at radius 2 is 1.91 bits per heavy atom.